The molecule has 3 rings (SSSR count). The van der Waals surface area contributed by atoms with E-state index in [-0.39, 0.29) is 24.1 Å². The van der Waals surface area contributed by atoms with Gasteiger partial charge in [0.1, 0.15) is 5.58 Å². The van der Waals surface area contributed by atoms with Gasteiger partial charge in [-0.3, -0.25) is 9.59 Å². The number of furan rings is 1. The Kier molecular flexibility index (Phi) is 3.83. The molecular weight excluding hydrogens is 306 g/mol. The molecule has 0 radical (unpaired) electrons. The number of carboxylic acids is 1. The minimum absolute atomic E-state index is 0.0309. The maximum atomic E-state index is 12.7. The number of likely N-dealkylation sites (tertiary alicyclic amines) is 1. The molecule has 0 spiro atoms. The maximum Gasteiger partial charge on any atom is 0.305 e. The summed E-state index contributed by atoms with van der Waals surface area (Å²) in [4.78, 5) is 25.3. The van der Waals surface area contributed by atoms with E-state index in [1.165, 1.54) is 0 Å². The van der Waals surface area contributed by atoms with Crippen molar-refractivity contribution >= 4 is 34.4 Å². The summed E-state index contributed by atoms with van der Waals surface area (Å²) in [5, 5.41) is 10.4. The van der Waals surface area contributed by atoms with Gasteiger partial charge < -0.3 is 14.4 Å². The molecule has 2 heterocycles. The van der Waals surface area contributed by atoms with E-state index >= 15 is 0 Å². The molecular formula is C16H16ClNO4. The van der Waals surface area contributed by atoms with Crippen molar-refractivity contribution < 1.29 is 19.1 Å². The Labute approximate surface area is 132 Å². The van der Waals surface area contributed by atoms with Crippen LogP contribution in [0.2, 0.25) is 5.02 Å². The van der Waals surface area contributed by atoms with Crippen LogP contribution in [0.3, 0.4) is 0 Å². The van der Waals surface area contributed by atoms with Gasteiger partial charge >= 0.3 is 5.97 Å². The number of halogens is 1. The first kappa shape index (κ1) is 14.9. The smallest absolute Gasteiger partial charge is 0.305 e. The molecule has 1 saturated heterocycles. The monoisotopic (exact) mass is 321 g/mol. The van der Waals surface area contributed by atoms with Crippen molar-refractivity contribution in [1.29, 1.82) is 0 Å². The highest BCUT2D eigenvalue weighted by molar-refractivity contribution is 6.31. The van der Waals surface area contributed by atoms with Gasteiger partial charge in [-0.2, -0.15) is 0 Å². The number of carboxylic acid groups (broad SMARTS) is 1. The van der Waals surface area contributed by atoms with E-state index in [4.69, 9.17) is 21.1 Å². The van der Waals surface area contributed by atoms with Crippen LogP contribution >= 0.6 is 11.6 Å². The fraction of sp³-hybridized carbons (Fsp3) is 0.375. The molecule has 1 atom stereocenters. The van der Waals surface area contributed by atoms with Gasteiger partial charge in [0.05, 0.1) is 6.42 Å². The third-order valence-corrected chi connectivity index (χ3v) is 4.38. The van der Waals surface area contributed by atoms with Crippen LogP contribution in [0, 0.1) is 6.92 Å². The summed E-state index contributed by atoms with van der Waals surface area (Å²) >= 11 is 5.98. The highest BCUT2D eigenvalue weighted by atomic mass is 35.5. The zero-order valence-corrected chi connectivity index (χ0v) is 12.9. The van der Waals surface area contributed by atoms with Crippen LogP contribution in [0.25, 0.3) is 11.0 Å². The predicted molar refractivity (Wildman–Crippen MR) is 82.3 cm³/mol. The molecule has 1 amide bonds. The molecule has 2 aromatic rings. The van der Waals surface area contributed by atoms with Crippen molar-refractivity contribution in [1.82, 2.24) is 4.90 Å². The molecule has 0 aliphatic carbocycles. The first-order valence-electron chi connectivity index (χ1n) is 7.19. The van der Waals surface area contributed by atoms with E-state index in [2.05, 4.69) is 0 Å². The second kappa shape index (κ2) is 5.65. The zero-order chi connectivity index (χ0) is 15.9. The quantitative estimate of drug-likeness (QED) is 0.939. The van der Waals surface area contributed by atoms with E-state index in [0.717, 1.165) is 17.4 Å². The largest absolute Gasteiger partial charge is 0.481 e. The van der Waals surface area contributed by atoms with E-state index < -0.39 is 5.97 Å². The molecule has 22 heavy (non-hydrogen) atoms. The third-order valence-electron chi connectivity index (χ3n) is 4.14. The molecule has 1 aliphatic heterocycles. The van der Waals surface area contributed by atoms with Gasteiger partial charge in [-0.05, 0) is 38.0 Å². The number of carbonyl (C=O) groups is 2. The molecule has 116 valence electrons. The Hall–Kier alpha value is -2.01. The maximum absolute atomic E-state index is 12.7. The predicted octanol–water partition coefficient (Wildman–Crippen LogP) is 3.47. The number of aryl methyl sites for hydroxylation is 1. The lowest BCUT2D eigenvalue weighted by atomic mass is 10.1. The summed E-state index contributed by atoms with van der Waals surface area (Å²) in [5.41, 5.74) is 1.35. The van der Waals surface area contributed by atoms with Gasteiger partial charge in [-0.1, -0.05) is 11.6 Å². The summed E-state index contributed by atoms with van der Waals surface area (Å²) in [6.45, 7) is 2.38. The molecule has 0 saturated carbocycles. The van der Waals surface area contributed by atoms with Crippen LogP contribution in [-0.4, -0.2) is 34.5 Å². The average Bonchev–Trinajstić information content (AvgIpc) is 3.03. The third kappa shape index (κ3) is 2.57. The number of carbonyl (C=O) groups excluding carboxylic acids is 1. The number of aliphatic carboxylic acids is 1. The lowest BCUT2D eigenvalue weighted by Crippen LogP contribution is -2.36. The zero-order valence-electron chi connectivity index (χ0n) is 12.1. The van der Waals surface area contributed by atoms with Crippen molar-refractivity contribution in [2.45, 2.75) is 32.2 Å². The standard InChI is InChI=1S/C16H16ClNO4/c1-9-12-7-10(17)4-5-13(12)22-15(9)16(21)18-6-2-3-11(18)8-14(19)20/h4-5,7,11H,2-3,6,8H2,1H3,(H,19,20). The number of hydrogen-bond donors (Lipinski definition) is 1. The van der Waals surface area contributed by atoms with E-state index in [9.17, 15) is 9.59 Å². The van der Waals surface area contributed by atoms with Gasteiger partial charge in [-0.25, -0.2) is 0 Å². The summed E-state index contributed by atoms with van der Waals surface area (Å²) in [7, 11) is 0. The molecule has 1 aromatic heterocycles. The number of benzene rings is 1. The SMILES string of the molecule is Cc1c(C(=O)N2CCCC2CC(=O)O)oc2ccc(Cl)cc12. The number of fused-ring (bicyclic) bond motifs is 1. The van der Waals surface area contributed by atoms with E-state index in [1.807, 2.05) is 6.92 Å². The van der Waals surface area contributed by atoms with Crippen LogP contribution in [0.4, 0.5) is 0 Å². The fourth-order valence-electron chi connectivity index (χ4n) is 3.04. The fourth-order valence-corrected chi connectivity index (χ4v) is 3.22. The summed E-state index contributed by atoms with van der Waals surface area (Å²) in [6, 6.07) is 4.96. The van der Waals surface area contributed by atoms with Crippen LogP contribution < -0.4 is 0 Å². The molecule has 1 aliphatic rings. The molecule has 5 nitrogen and oxygen atoms in total. The summed E-state index contributed by atoms with van der Waals surface area (Å²) in [6.07, 6.45) is 1.49. The molecule has 1 unspecified atom stereocenters. The number of hydrogen-bond acceptors (Lipinski definition) is 3. The molecule has 1 aromatic carbocycles. The van der Waals surface area contributed by atoms with E-state index in [0.29, 0.717) is 23.6 Å². The Morgan fingerprint density at radius 3 is 2.95 bits per heavy atom. The normalized spacial score (nSPS) is 18.1. The first-order valence-corrected chi connectivity index (χ1v) is 7.56. The van der Waals surface area contributed by atoms with Crippen LogP contribution in [0.5, 0.6) is 0 Å². The van der Waals surface area contributed by atoms with Crippen molar-refractivity contribution in [3.63, 3.8) is 0 Å². The van der Waals surface area contributed by atoms with Crippen molar-refractivity contribution in [3.05, 3.63) is 34.5 Å². The lowest BCUT2D eigenvalue weighted by Gasteiger charge is -2.22. The second-order valence-corrected chi connectivity index (χ2v) is 6.03. The number of amides is 1. The van der Waals surface area contributed by atoms with Gasteiger partial charge in [0.15, 0.2) is 5.76 Å². The highest BCUT2D eigenvalue weighted by Gasteiger charge is 2.33. The van der Waals surface area contributed by atoms with Gasteiger partial charge in [0.25, 0.3) is 5.91 Å². The minimum Gasteiger partial charge on any atom is -0.481 e. The first-order chi connectivity index (χ1) is 10.5. The molecule has 1 fully saturated rings. The van der Waals surface area contributed by atoms with Crippen LogP contribution in [-0.2, 0) is 4.79 Å². The van der Waals surface area contributed by atoms with Gasteiger partial charge in [0, 0.05) is 28.6 Å². The van der Waals surface area contributed by atoms with Crippen LogP contribution in [0.1, 0.15) is 35.4 Å². The van der Waals surface area contributed by atoms with Crippen LogP contribution in [0.15, 0.2) is 22.6 Å². The number of nitrogens with zero attached hydrogens (tertiary/aromatic N) is 1. The van der Waals surface area contributed by atoms with Crippen molar-refractivity contribution in [2.24, 2.45) is 0 Å². The highest BCUT2D eigenvalue weighted by Crippen LogP contribution is 2.30. The average molecular weight is 322 g/mol. The molecule has 0 bridgehead atoms. The molecule has 1 N–H and O–H groups in total. The Balaban J connectivity index is 1.95. The van der Waals surface area contributed by atoms with Gasteiger partial charge in [0.2, 0.25) is 0 Å². The minimum atomic E-state index is -0.891. The topological polar surface area (TPSA) is 70.8 Å². The lowest BCUT2D eigenvalue weighted by molar-refractivity contribution is -0.137. The van der Waals surface area contributed by atoms with Gasteiger partial charge in [-0.15, -0.1) is 0 Å². The summed E-state index contributed by atoms with van der Waals surface area (Å²) in [5.74, 6) is -0.860. The van der Waals surface area contributed by atoms with E-state index in [1.54, 1.807) is 23.1 Å². The Bertz CT molecular complexity index is 752. The summed E-state index contributed by atoms with van der Waals surface area (Å²) < 4.78 is 5.68. The Morgan fingerprint density at radius 2 is 2.23 bits per heavy atom. The molecule has 6 heteroatoms. The second-order valence-electron chi connectivity index (χ2n) is 5.59. The number of rotatable bonds is 3. The van der Waals surface area contributed by atoms with Crippen molar-refractivity contribution in [3.8, 4) is 0 Å². The van der Waals surface area contributed by atoms with Crippen molar-refractivity contribution in [2.75, 3.05) is 6.54 Å². The Morgan fingerprint density at radius 1 is 1.45 bits per heavy atom.